The van der Waals surface area contributed by atoms with Crippen molar-refractivity contribution in [3.8, 4) is 22.5 Å². The van der Waals surface area contributed by atoms with E-state index in [1.165, 1.54) is 12.8 Å². The first-order valence-electron chi connectivity index (χ1n) is 11.2. The minimum atomic E-state index is -0.0357. The molecule has 164 valence electrons. The molecule has 0 unspecified atom stereocenters. The molecule has 4 aromatic rings. The van der Waals surface area contributed by atoms with Gasteiger partial charge in [-0.15, -0.1) is 10.2 Å². The molecular formula is C25H24N7O+. The third kappa shape index (κ3) is 3.91. The Kier molecular flexibility index (Phi) is 4.75. The number of amides is 2. The van der Waals surface area contributed by atoms with Gasteiger partial charge in [-0.25, -0.2) is 4.79 Å². The Hall–Kier alpha value is -4.20. The fourth-order valence-corrected chi connectivity index (χ4v) is 4.19. The molecule has 8 nitrogen and oxygen atoms in total. The van der Waals surface area contributed by atoms with Crippen LogP contribution in [0.1, 0.15) is 18.9 Å². The number of anilines is 2. The van der Waals surface area contributed by atoms with Gasteiger partial charge in [0.1, 0.15) is 6.33 Å². The van der Waals surface area contributed by atoms with Crippen LogP contribution in [0.3, 0.4) is 0 Å². The molecule has 0 spiro atoms. The number of benzene rings is 2. The Morgan fingerprint density at radius 1 is 0.970 bits per heavy atom. The summed E-state index contributed by atoms with van der Waals surface area (Å²) in [4.78, 5) is 13.6. The van der Waals surface area contributed by atoms with E-state index in [0.29, 0.717) is 19.1 Å². The van der Waals surface area contributed by atoms with Crippen LogP contribution in [0.2, 0.25) is 0 Å². The summed E-state index contributed by atoms with van der Waals surface area (Å²) in [6.07, 6.45) is 8.21. The van der Waals surface area contributed by atoms with Gasteiger partial charge in [-0.05, 0) is 48.2 Å². The average Bonchev–Trinajstić information content (AvgIpc) is 3.41. The van der Waals surface area contributed by atoms with Crippen molar-refractivity contribution >= 4 is 17.4 Å². The molecular weight excluding hydrogens is 414 g/mol. The lowest BCUT2D eigenvalue weighted by molar-refractivity contribution is -0.642. The van der Waals surface area contributed by atoms with Crippen LogP contribution in [0, 0.1) is 0 Å². The molecule has 1 aliphatic carbocycles. The van der Waals surface area contributed by atoms with Gasteiger partial charge in [0.05, 0.1) is 5.69 Å². The molecule has 33 heavy (non-hydrogen) atoms. The average molecular weight is 439 g/mol. The Labute approximate surface area is 191 Å². The van der Waals surface area contributed by atoms with E-state index in [9.17, 15) is 4.79 Å². The van der Waals surface area contributed by atoms with E-state index in [1.54, 1.807) is 4.90 Å². The number of rotatable bonds is 6. The molecule has 0 atom stereocenters. The highest BCUT2D eigenvalue weighted by atomic mass is 16.2. The van der Waals surface area contributed by atoms with E-state index in [2.05, 4.69) is 49.8 Å². The molecule has 0 bridgehead atoms. The van der Waals surface area contributed by atoms with Gasteiger partial charge in [0.15, 0.2) is 18.2 Å². The Morgan fingerprint density at radius 2 is 1.76 bits per heavy atom. The second kappa shape index (κ2) is 8.05. The van der Waals surface area contributed by atoms with Crippen molar-refractivity contribution in [1.82, 2.24) is 20.1 Å². The number of carbonyl (C=O) groups is 1. The molecule has 2 fully saturated rings. The van der Waals surface area contributed by atoms with E-state index in [4.69, 9.17) is 0 Å². The summed E-state index contributed by atoms with van der Waals surface area (Å²) < 4.78 is 4.10. The van der Waals surface area contributed by atoms with Gasteiger partial charge in [-0.1, -0.05) is 28.9 Å². The number of nitrogens with zero attached hydrogens (tertiary/aromatic N) is 5. The zero-order chi connectivity index (χ0) is 22.2. The second-order valence-electron chi connectivity index (χ2n) is 8.41. The van der Waals surface area contributed by atoms with Crippen molar-refractivity contribution < 1.29 is 9.47 Å². The lowest BCUT2D eigenvalue weighted by atomic mass is 10.1. The molecule has 1 aliphatic heterocycles. The molecule has 0 radical (unpaired) electrons. The van der Waals surface area contributed by atoms with Crippen LogP contribution < -0.4 is 20.3 Å². The first-order chi connectivity index (χ1) is 16.2. The molecule has 8 heteroatoms. The first kappa shape index (κ1) is 19.5. The zero-order valence-electron chi connectivity index (χ0n) is 18.1. The third-order valence-electron chi connectivity index (χ3n) is 6.09. The molecule has 2 amide bonds. The van der Waals surface area contributed by atoms with Crippen molar-refractivity contribution in [2.45, 2.75) is 18.9 Å². The van der Waals surface area contributed by atoms with Crippen LogP contribution in [0.5, 0.6) is 0 Å². The van der Waals surface area contributed by atoms with Crippen molar-refractivity contribution in [3.63, 3.8) is 0 Å². The summed E-state index contributed by atoms with van der Waals surface area (Å²) in [6, 6.07) is 20.9. The highest BCUT2D eigenvalue weighted by Crippen LogP contribution is 2.37. The van der Waals surface area contributed by atoms with Gasteiger partial charge >= 0.3 is 6.03 Å². The standard InChI is InChI=1S/C25H23N7O/c33-25-26-12-15-31(25)22-6-4-18(5-7-22)19-10-13-30(14-11-19)29-21-3-1-2-20(16-21)24-28-27-17-32(24)23-8-9-23/h1-7,10-11,13-14,16-17,23,29H,8-9,12,15H2/p+1. The van der Waals surface area contributed by atoms with Crippen LogP contribution in [-0.2, 0) is 0 Å². The number of aromatic nitrogens is 4. The summed E-state index contributed by atoms with van der Waals surface area (Å²) in [5.41, 5.74) is 8.56. The SMILES string of the molecule is O=C1NCCN1c1ccc(-c2cc[n+](Nc3cccc(-c4nncn4C4CC4)c3)cc2)cc1. The number of carbonyl (C=O) groups excluding carboxylic acids is 1. The Bertz CT molecular complexity index is 1290. The van der Waals surface area contributed by atoms with E-state index < -0.39 is 0 Å². The molecule has 1 saturated heterocycles. The minimum absolute atomic E-state index is 0.0357. The number of urea groups is 1. The van der Waals surface area contributed by atoms with Crippen molar-refractivity contribution in [2.24, 2.45) is 0 Å². The number of hydrogen-bond acceptors (Lipinski definition) is 4. The van der Waals surface area contributed by atoms with E-state index in [1.807, 2.05) is 59.8 Å². The predicted molar refractivity (Wildman–Crippen MR) is 126 cm³/mol. The lowest BCUT2D eigenvalue weighted by Crippen LogP contribution is -2.41. The van der Waals surface area contributed by atoms with Gasteiger partial charge in [0.2, 0.25) is 0 Å². The molecule has 2 aromatic heterocycles. The number of pyridine rings is 1. The van der Waals surface area contributed by atoms with Gasteiger partial charge in [-0.3, -0.25) is 4.90 Å². The second-order valence-corrected chi connectivity index (χ2v) is 8.41. The third-order valence-corrected chi connectivity index (χ3v) is 6.09. The van der Waals surface area contributed by atoms with Crippen LogP contribution in [0.15, 0.2) is 79.4 Å². The minimum Gasteiger partial charge on any atom is -0.336 e. The topological polar surface area (TPSA) is 79.0 Å². The maximum absolute atomic E-state index is 11.9. The van der Waals surface area contributed by atoms with Gasteiger partial charge in [0.25, 0.3) is 0 Å². The summed E-state index contributed by atoms with van der Waals surface area (Å²) in [5.74, 6) is 0.913. The molecule has 2 aromatic carbocycles. The van der Waals surface area contributed by atoms with E-state index in [-0.39, 0.29) is 6.03 Å². The van der Waals surface area contributed by atoms with Gasteiger partial charge in [-0.2, -0.15) is 5.43 Å². The summed E-state index contributed by atoms with van der Waals surface area (Å²) >= 11 is 0. The van der Waals surface area contributed by atoms with E-state index >= 15 is 0 Å². The summed E-state index contributed by atoms with van der Waals surface area (Å²) in [6.45, 7) is 1.39. The number of nitrogens with one attached hydrogen (secondary N) is 2. The van der Waals surface area contributed by atoms with Gasteiger partial charge in [0, 0.05) is 42.5 Å². The highest BCUT2D eigenvalue weighted by Gasteiger charge is 2.26. The fraction of sp³-hybridized carbons (Fsp3) is 0.200. The Balaban J connectivity index is 1.17. The smallest absolute Gasteiger partial charge is 0.321 e. The monoisotopic (exact) mass is 438 g/mol. The normalized spacial score (nSPS) is 15.5. The number of hydrogen-bond donors (Lipinski definition) is 2. The highest BCUT2D eigenvalue weighted by molar-refractivity contribution is 5.94. The van der Waals surface area contributed by atoms with Crippen molar-refractivity contribution in [2.75, 3.05) is 23.4 Å². The summed E-state index contributed by atoms with van der Waals surface area (Å²) in [5, 5.41) is 11.3. The molecule has 6 rings (SSSR count). The maximum Gasteiger partial charge on any atom is 0.321 e. The Morgan fingerprint density at radius 3 is 2.48 bits per heavy atom. The quantitative estimate of drug-likeness (QED) is 0.451. The lowest BCUT2D eigenvalue weighted by Gasteiger charge is -2.14. The maximum atomic E-state index is 11.9. The van der Waals surface area contributed by atoms with Gasteiger partial charge < -0.3 is 9.88 Å². The van der Waals surface area contributed by atoms with Crippen LogP contribution in [-0.4, -0.2) is 33.9 Å². The van der Waals surface area contributed by atoms with Crippen LogP contribution >= 0.6 is 0 Å². The largest absolute Gasteiger partial charge is 0.336 e. The van der Waals surface area contributed by atoms with Crippen LogP contribution in [0.25, 0.3) is 22.5 Å². The summed E-state index contributed by atoms with van der Waals surface area (Å²) in [7, 11) is 0. The molecule has 1 saturated carbocycles. The van der Waals surface area contributed by atoms with E-state index in [0.717, 1.165) is 33.9 Å². The van der Waals surface area contributed by atoms with Crippen molar-refractivity contribution in [1.29, 1.82) is 0 Å². The zero-order valence-corrected chi connectivity index (χ0v) is 18.1. The molecule has 3 heterocycles. The predicted octanol–water partition coefficient (Wildman–Crippen LogP) is 3.64. The molecule has 2 aliphatic rings. The van der Waals surface area contributed by atoms with Crippen molar-refractivity contribution in [3.05, 3.63) is 79.4 Å². The fourth-order valence-electron chi connectivity index (χ4n) is 4.19. The first-order valence-corrected chi connectivity index (χ1v) is 11.2. The van der Waals surface area contributed by atoms with Crippen LogP contribution in [0.4, 0.5) is 16.2 Å². The molecule has 2 N–H and O–H groups in total.